The van der Waals surface area contributed by atoms with Crippen molar-refractivity contribution in [3.63, 3.8) is 0 Å². The summed E-state index contributed by atoms with van der Waals surface area (Å²) in [5.74, 6) is -0.249. The molecule has 0 N–H and O–H groups in total. The lowest BCUT2D eigenvalue weighted by Gasteiger charge is -2.26. The van der Waals surface area contributed by atoms with E-state index in [1.807, 2.05) is 42.5 Å². The van der Waals surface area contributed by atoms with Gasteiger partial charge in [-0.25, -0.2) is 4.39 Å². The van der Waals surface area contributed by atoms with Gasteiger partial charge in [0, 0.05) is 44.3 Å². The fourth-order valence-corrected chi connectivity index (χ4v) is 8.54. The van der Waals surface area contributed by atoms with E-state index in [0.717, 1.165) is 88.7 Å². The molecule has 0 aliphatic rings. The molecule has 0 amide bonds. The topological polar surface area (TPSA) is 21.3 Å². The second-order valence-electron chi connectivity index (χ2n) is 14.7. The molecule has 9 aromatic carbocycles. The van der Waals surface area contributed by atoms with E-state index in [4.69, 9.17) is 4.42 Å². The summed E-state index contributed by atoms with van der Waals surface area (Å²) >= 11 is 0. The number of nitrogens with zero attached hydrogens (tertiary/aromatic N) is 2. The normalized spacial score (nSPS) is 11.5. The molecule has 2 aromatic heterocycles. The highest BCUT2D eigenvalue weighted by Gasteiger charge is 2.17. The first-order valence-corrected chi connectivity index (χ1v) is 19.5. The molecule has 0 radical (unpaired) electrons. The fourth-order valence-electron chi connectivity index (χ4n) is 8.54. The zero-order chi connectivity index (χ0) is 38.6. The molecule has 0 atom stereocenters. The van der Waals surface area contributed by atoms with Gasteiger partial charge in [0.15, 0.2) is 0 Å². The third-order valence-corrected chi connectivity index (χ3v) is 11.3. The largest absolute Gasteiger partial charge is 0.456 e. The summed E-state index contributed by atoms with van der Waals surface area (Å²) in [7, 11) is 0. The molecular formula is C54H35FN2O. The van der Waals surface area contributed by atoms with Crippen LogP contribution in [-0.2, 0) is 0 Å². The molecule has 11 rings (SSSR count). The summed E-state index contributed by atoms with van der Waals surface area (Å²) in [6.07, 6.45) is 0. The number of para-hydroxylation sites is 2. The molecule has 3 nitrogen and oxygen atoms in total. The van der Waals surface area contributed by atoms with Gasteiger partial charge in [0.05, 0.1) is 11.0 Å². The number of anilines is 3. The minimum atomic E-state index is -0.249. The lowest BCUT2D eigenvalue weighted by atomic mass is 9.99. The van der Waals surface area contributed by atoms with Crippen LogP contribution in [0.15, 0.2) is 217 Å². The van der Waals surface area contributed by atoms with E-state index in [2.05, 4.69) is 167 Å². The van der Waals surface area contributed by atoms with E-state index in [1.54, 1.807) is 6.07 Å². The number of benzene rings is 9. The molecule has 0 unspecified atom stereocenters. The van der Waals surface area contributed by atoms with Crippen molar-refractivity contribution in [2.45, 2.75) is 0 Å². The third-order valence-electron chi connectivity index (χ3n) is 11.3. The molecule has 2 heterocycles. The highest BCUT2D eigenvalue weighted by molar-refractivity contribution is 6.12. The molecule has 11 aromatic rings. The first-order valence-electron chi connectivity index (χ1n) is 19.5. The van der Waals surface area contributed by atoms with Crippen molar-refractivity contribution in [1.82, 2.24) is 4.57 Å². The first kappa shape index (κ1) is 33.6. The predicted molar refractivity (Wildman–Crippen MR) is 239 cm³/mol. The summed E-state index contributed by atoms with van der Waals surface area (Å²) in [4.78, 5) is 2.30. The Labute approximate surface area is 335 Å². The van der Waals surface area contributed by atoms with Crippen LogP contribution in [0.3, 0.4) is 0 Å². The lowest BCUT2D eigenvalue weighted by molar-refractivity contribution is 0.629. The van der Waals surface area contributed by atoms with Gasteiger partial charge in [-0.15, -0.1) is 0 Å². The molecule has 0 bridgehead atoms. The number of furan rings is 1. The summed E-state index contributed by atoms with van der Waals surface area (Å²) in [6.45, 7) is 0. The van der Waals surface area contributed by atoms with Crippen LogP contribution in [0, 0.1) is 5.82 Å². The van der Waals surface area contributed by atoms with Crippen LogP contribution in [0.5, 0.6) is 0 Å². The van der Waals surface area contributed by atoms with Crippen molar-refractivity contribution in [2.75, 3.05) is 4.90 Å². The zero-order valence-electron chi connectivity index (χ0n) is 31.4. The lowest BCUT2D eigenvalue weighted by Crippen LogP contribution is -2.09. The van der Waals surface area contributed by atoms with Crippen molar-refractivity contribution in [3.8, 4) is 39.1 Å². The highest BCUT2D eigenvalue weighted by atomic mass is 19.1. The van der Waals surface area contributed by atoms with E-state index in [-0.39, 0.29) is 5.82 Å². The number of hydrogen-bond acceptors (Lipinski definition) is 2. The molecule has 0 saturated heterocycles. The van der Waals surface area contributed by atoms with E-state index >= 15 is 0 Å². The molecule has 0 aliphatic carbocycles. The van der Waals surface area contributed by atoms with Crippen molar-refractivity contribution in [1.29, 1.82) is 0 Å². The maximum absolute atomic E-state index is 14.6. The average Bonchev–Trinajstić information content (AvgIpc) is 3.83. The van der Waals surface area contributed by atoms with Gasteiger partial charge in [-0.05, 0) is 118 Å². The van der Waals surface area contributed by atoms with Crippen LogP contribution in [-0.4, -0.2) is 4.57 Å². The van der Waals surface area contributed by atoms with Gasteiger partial charge < -0.3 is 13.9 Å². The predicted octanol–water partition coefficient (Wildman–Crippen LogP) is 15.3. The maximum atomic E-state index is 14.6. The summed E-state index contributed by atoms with van der Waals surface area (Å²) < 4.78 is 23.0. The quantitative estimate of drug-likeness (QED) is 0.162. The van der Waals surface area contributed by atoms with Crippen molar-refractivity contribution in [3.05, 3.63) is 218 Å². The second-order valence-corrected chi connectivity index (χ2v) is 14.7. The Morgan fingerprint density at radius 2 is 0.931 bits per heavy atom. The van der Waals surface area contributed by atoms with Gasteiger partial charge in [-0.3, -0.25) is 0 Å². The third kappa shape index (κ3) is 5.74. The first-order chi connectivity index (χ1) is 28.7. The van der Waals surface area contributed by atoms with Crippen LogP contribution in [0.1, 0.15) is 0 Å². The molecular weight excluding hydrogens is 712 g/mol. The maximum Gasteiger partial charge on any atom is 0.136 e. The number of aromatic nitrogens is 1. The Morgan fingerprint density at radius 3 is 1.67 bits per heavy atom. The minimum Gasteiger partial charge on any atom is -0.456 e. The second kappa shape index (κ2) is 13.8. The van der Waals surface area contributed by atoms with Crippen LogP contribution in [0.4, 0.5) is 21.5 Å². The van der Waals surface area contributed by atoms with Crippen LogP contribution < -0.4 is 4.90 Å². The SMILES string of the molecule is Fc1ccc2c3ccccc3n(-c3cccc(-c4ccc(N(c5ccc(-c6ccccc6)cc5)c5ccc(-c6cccc7oc8ccccc8c67)cc5)cc4)c3)c2c1. The molecule has 0 fully saturated rings. The number of halogens is 1. The van der Waals surface area contributed by atoms with Gasteiger partial charge in [-0.2, -0.15) is 0 Å². The van der Waals surface area contributed by atoms with Gasteiger partial charge in [0.2, 0.25) is 0 Å². The van der Waals surface area contributed by atoms with Gasteiger partial charge in [0.25, 0.3) is 0 Å². The Kier molecular flexibility index (Phi) is 8.00. The van der Waals surface area contributed by atoms with E-state index in [9.17, 15) is 4.39 Å². The zero-order valence-corrected chi connectivity index (χ0v) is 31.4. The molecule has 0 spiro atoms. The van der Waals surface area contributed by atoms with Crippen LogP contribution in [0.2, 0.25) is 0 Å². The van der Waals surface area contributed by atoms with Crippen LogP contribution in [0.25, 0.3) is 82.8 Å². The number of rotatable bonds is 7. The molecule has 0 aliphatic heterocycles. The van der Waals surface area contributed by atoms with Gasteiger partial charge in [-0.1, -0.05) is 127 Å². The highest BCUT2D eigenvalue weighted by Crippen LogP contribution is 2.41. The standard InChI is InChI=1S/C54H35FN2O/c55-41-26-33-48-47-14-4-6-17-50(47)57(51(48)35-41)45-13-8-12-40(34-45)38-22-29-43(30-23-38)56(42-27-20-37(21-28-42)36-10-2-1-3-11-36)44-31-24-39(25-32-44)46-16-9-19-53-54(46)49-15-5-7-18-52(49)58-53/h1-35H. The Bertz CT molecular complexity index is 3270. The van der Waals surface area contributed by atoms with Gasteiger partial charge >= 0.3 is 0 Å². The van der Waals surface area contributed by atoms with E-state index < -0.39 is 0 Å². The van der Waals surface area contributed by atoms with Gasteiger partial charge in [0.1, 0.15) is 17.0 Å². The monoisotopic (exact) mass is 746 g/mol. The van der Waals surface area contributed by atoms with Crippen molar-refractivity contribution >= 4 is 60.8 Å². The van der Waals surface area contributed by atoms with Crippen molar-refractivity contribution in [2.24, 2.45) is 0 Å². The number of hydrogen-bond donors (Lipinski definition) is 0. The molecule has 274 valence electrons. The molecule has 4 heteroatoms. The average molecular weight is 747 g/mol. The number of fused-ring (bicyclic) bond motifs is 6. The van der Waals surface area contributed by atoms with E-state index in [0.29, 0.717) is 0 Å². The summed E-state index contributed by atoms with van der Waals surface area (Å²) in [6, 6.07) is 73.1. The molecule has 58 heavy (non-hydrogen) atoms. The Morgan fingerprint density at radius 1 is 0.379 bits per heavy atom. The van der Waals surface area contributed by atoms with E-state index in [1.165, 1.54) is 17.2 Å². The fraction of sp³-hybridized carbons (Fsp3) is 0. The van der Waals surface area contributed by atoms with Crippen LogP contribution >= 0.6 is 0 Å². The Hall–Kier alpha value is -7.69. The Balaban J connectivity index is 0.980. The summed E-state index contributed by atoms with van der Waals surface area (Å²) in [5, 5.41) is 4.38. The molecule has 0 saturated carbocycles. The summed E-state index contributed by atoms with van der Waals surface area (Å²) in [5.41, 5.74) is 14.6. The van der Waals surface area contributed by atoms with Crippen molar-refractivity contribution < 1.29 is 8.81 Å². The smallest absolute Gasteiger partial charge is 0.136 e. The minimum absolute atomic E-state index is 0.249.